The molecule has 2 heterocycles. The number of rotatable bonds is 8. The first-order chi connectivity index (χ1) is 18.1. The molecule has 2 aliphatic heterocycles. The van der Waals surface area contributed by atoms with Crippen LogP contribution >= 0.6 is 0 Å². The molecule has 1 N–H and O–H groups in total. The quantitative estimate of drug-likeness (QED) is 0.491. The number of fused-ring (bicyclic) bond motifs is 1. The summed E-state index contributed by atoms with van der Waals surface area (Å²) in [6.07, 6.45) is 6.93. The van der Waals surface area contributed by atoms with E-state index in [9.17, 15) is 27.2 Å². The van der Waals surface area contributed by atoms with Crippen molar-refractivity contribution in [3.63, 3.8) is 0 Å². The van der Waals surface area contributed by atoms with Crippen molar-refractivity contribution in [2.45, 2.75) is 56.7 Å². The smallest absolute Gasteiger partial charge is 0.351 e. The van der Waals surface area contributed by atoms with Gasteiger partial charge in [0.15, 0.2) is 0 Å². The summed E-state index contributed by atoms with van der Waals surface area (Å²) < 4.78 is 52.3. The van der Waals surface area contributed by atoms with Crippen LogP contribution in [-0.4, -0.2) is 66.1 Å². The van der Waals surface area contributed by atoms with Crippen molar-refractivity contribution < 1.29 is 27.2 Å². The first-order valence-corrected chi connectivity index (χ1v) is 13.0. The summed E-state index contributed by atoms with van der Waals surface area (Å²) in [5.41, 5.74) is 0.611. The molecule has 3 aliphatic rings. The number of carbonyl (C=O) groups excluding carboxylic acids is 2. The number of amides is 2. The van der Waals surface area contributed by atoms with E-state index in [2.05, 4.69) is 5.32 Å². The van der Waals surface area contributed by atoms with Crippen LogP contribution in [0.5, 0.6) is 0 Å². The maximum Gasteiger partial charge on any atom is 0.416 e. The van der Waals surface area contributed by atoms with Crippen LogP contribution in [0.15, 0.2) is 60.0 Å². The van der Waals surface area contributed by atoms with Crippen LogP contribution < -0.4 is 5.32 Å². The number of hydrogen-bond donors (Lipinski definition) is 1. The van der Waals surface area contributed by atoms with Crippen molar-refractivity contribution in [1.82, 2.24) is 20.2 Å². The Morgan fingerprint density at radius 3 is 2.42 bits per heavy atom. The second-order valence-corrected chi connectivity index (χ2v) is 10.0. The summed E-state index contributed by atoms with van der Waals surface area (Å²) in [5.74, 6) is -0.564. The Labute approximate surface area is 220 Å². The van der Waals surface area contributed by atoms with Crippen LogP contribution in [0.3, 0.4) is 0 Å². The average molecular weight is 535 g/mol. The van der Waals surface area contributed by atoms with Crippen LogP contribution in [0, 0.1) is 0 Å². The van der Waals surface area contributed by atoms with E-state index in [-0.39, 0.29) is 18.4 Å². The third kappa shape index (κ3) is 5.50. The van der Waals surface area contributed by atoms with Crippen LogP contribution in [-0.2, 0) is 21.2 Å². The zero-order valence-corrected chi connectivity index (χ0v) is 21.7. The van der Waals surface area contributed by atoms with E-state index in [1.807, 2.05) is 0 Å². The zero-order chi connectivity index (χ0) is 27.5. The second kappa shape index (κ2) is 11.3. The van der Waals surface area contributed by atoms with E-state index >= 15 is 0 Å². The Bertz CT molecular complexity index is 1120. The van der Waals surface area contributed by atoms with Crippen molar-refractivity contribution in [3.8, 4) is 0 Å². The normalized spacial score (nSPS) is 21.0. The highest BCUT2D eigenvalue weighted by molar-refractivity contribution is 5.99. The van der Waals surface area contributed by atoms with E-state index in [1.165, 1.54) is 17.0 Å². The Hall–Kier alpha value is -3.14. The molecular weight excluding hydrogens is 500 g/mol. The minimum atomic E-state index is -4.40. The number of likely N-dealkylation sites (N-methyl/N-ethyl adjacent to an activating group) is 2. The van der Waals surface area contributed by atoms with E-state index in [0.29, 0.717) is 24.4 Å². The van der Waals surface area contributed by atoms with Crippen molar-refractivity contribution >= 4 is 11.8 Å². The number of halogens is 4. The first-order valence-electron chi connectivity index (χ1n) is 13.0. The SMILES string of the molecule is CCN(CCF)C(=O)C1C=C2C(C(=O)NCC3(c4ccc(C(F)(F)F)cc4)CCCCC3)=CC=CN2N1C. The van der Waals surface area contributed by atoms with Crippen molar-refractivity contribution in [3.05, 3.63) is 71.1 Å². The maximum absolute atomic E-state index is 13.4. The molecule has 1 unspecified atom stereocenters. The molecular formula is C28H34F4N4O2. The van der Waals surface area contributed by atoms with Gasteiger partial charge < -0.3 is 10.2 Å². The molecule has 206 valence electrons. The first kappa shape index (κ1) is 27.9. The summed E-state index contributed by atoms with van der Waals surface area (Å²) in [5, 5.41) is 6.48. The highest BCUT2D eigenvalue weighted by Gasteiger charge is 2.40. The molecule has 0 saturated heterocycles. The van der Waals surface area contributed by atoms with Gasteiger partial charge in [-0.15, -0.1) is 0 Å². The predicted octanol–water partition coefficient (Wildman–Crippen LogP) is 4.71. The lowest BCUT2D eigenvalue weighted by molar-refractivity contribution is -0.138. The Morgan fingerprint density at radius 1 is 1.13 bits per heavy atom. The Balaban J connectivity index is 1.52. The van der Waals surface area contributed by atoms with Crippen LogP contribution in [0.1, 0.15) is 50.2 Å². The standard InChI is InChI=1S/C28H34F4N4O2/c1-3-35(17-15-29)26(38)24-18-23-22(8-7-16-36(23)34(24)2)25(37)33-19-27(13-5-4-6-14-27)20-9-11-21(12-10-20)28(30,31)32/h7-12,16,18,24H,3-6,13-15,17,19H2,1-2H3,(H,33,37). The summed E-state index contributed by atoms with van der Waals surface area (Å²) in [6.45, 7) is 1.84. The molecule has 10 heteroatoms. The number of allylic oxidation sites excluding steroid dienone is 2. The molecule has 1 aliphatic carbocycles. The summed E-state index contributed by atoms with van der Waals surface area (Å²) in [4.78, 5) is 27.9. The van der Waals surface area contributed by atoms with Crippen LogP contribution in [0.25, 0.3) is 0 Å². The average Bonchev–Trinajstić information content (AvgIpc) is 3.26. The molecule has 2 amide bonds. The van der Waals surface area contributed by atoms with Crippen molar-refractivity contribution in [2.75, 3.05) is 33.4 Å². The highest BCUT2D eigenvalue weighted by atomic mass is 19.4. The van der Waals surface area contributed by atoms with Crippen molar-refractivity contribution in [1.29, 1.82) is 0 Å². The number of hydrogen-bond acceptors (Lipinski definition) is 4. The van der Waals surface area contributed by atoms with E-state index in [0.717, 1.165) is 49.8 Å². The summed E-state index contributed by atoms with van der Waals surface area (Å²) >= 11 is 0. The van der Waals surface area contributed by atoms with Gasteiger partial charge in [-0.25, -0.2) is 9.40 Å². The van der Waals surface area contributed by atoms with Gasteiger partial charge in [-0.3, -0.25) is 14.6 Å². The second-order valence-electron chi connectivity index (χ2n) is 10.0. The molecule has 1 fully saturated rings. The zero-order valence-electron chi connectivity index (χ0n) is 21.7. The van der Waals surface area contributed by atoms with Crippen molar-refractivity contribution in [2.24, 2.45) is 0 Å². The molecule has 1 saturated carbocycles. The molecule has 0 spiro atoms. The van der Waals surface area contributed by atoms with Gasteiger partial charge in [0.25, 0.3) is 5.91 Å². The van der Waals surface area contributed by atoms with Gasteiger partial charge in [0.1, 0.15) is 12.7 Å². The molecule has 38 heavy (non-hydrogen) atoms. The molecule has 6 nitrogen and oxygen atoms in total. The molecule has 0 radical (unpaired) electrons. The molecule has 0 aromatic heterocycles. The third-order valence-corrected chi connectivity index (χ3v) is 7.84. The monoisotopic (exact) mass is 534 g/mol. The fourth-order valence-corrected chi connectivity index (χ4v) is 5.63. The van der Waals surface area contributed by atoms with Gasteiger partial charge in [-0.05, 0) is 55.7 Å². The lowest BCUT2D eigenvalue weighted by Crippen LogP contribution is -2.48. The fourth-order valence-electron chi connectivity index (χ4n) is 5.63. The number of benzene rings is 1. The molecule has 1 aromatic rings. The van der Waals surface area contributed by atoms with Gasteiger partial charge in [0, 0.05) is 38.3 Å². The maximum atomic E-state index is 13.4. The Kier molecular flexibility index (Phi) is 8.30. The van der Waals surface area contributed by atoms with Gasteiger partial charge in [0.05, 0.1) is 16.8 Å². The predicted molar refractivity (Wildman–Crippen MR) is 136 cm³/mol. The molecule has 1 aromatic carbocycles. The van der Waals surface area contributed by atoms with Crippen LogP contribution in [0.2, 0.25) is 0 Å². The van der Waals surface area contributed by atoms with Gasteiger partial charge >= 0.3 is 6.18 Å². The summed E-state index contributed by atoms with van der Waals surface area (Å²) in [6, 6.07) is 4.61. The fraction of sp³-hybridized carbons (Fsp3) is 0.500. The van der Waals surface area contributed by atoms with Gasteiger partial charge in [0.2, 0.25) is 5.91 Å². The Morgan fingerprint density at radius 2 is 1.82 bits per heavy atom. The van der Waals surface area contributed by atoms with Gasteiger partial charge in [-0.2, -0.15) is 13.2 Å². The lowest BCUT2D eigenvalue weighted by atomic mass is 9.69. The summed E-state index contributed by atoms with van der Waals surface area (Å²) in [7, 11) is 1.74. The minimum absolute atomic E-state index is 0.00784. The third-order valence-electron chi connectivity index (χ3n) is 7.84. The van der Waals surface area contributed by atoms with Crippen LogP contribution in [0.4, 0.5) is 17.6 Å². The number of hydrazine groups is 1. The molecule has 1 atom stereocenters. The number of nitrogens with zero attached hydrogens (tertiary/aromatic N) is 3. The number of carbonyl (C=O) groups is 2. The largest absolute Gasteiger partial charge is 0.416 e. The topological polar surface area (TPSA) is 55.9 Å². The molecule has 4 rings (SSSR count). The minimum Gasteiger partial charge on any atom is -0.351 e. The lowest BCUT2D eigenvalue weighted by Gasteiger charge is -2.38. The number of alkyl halides is 4. The van der Waals surface area contributed by atoms with E-state index in [1.54, 1.807) is 48.4 Å². The van der Waals surface area contributed by atoms with E-state index in [4.69, 9.17) is 0 Å². The highest BCUT2D eigenvalue weighted by Crippen LogP contribution is 2.40. The molecule has 0 bridgehead atoms. The van der Waals surface area contributed by atoms with Gasteiger partial charge in [-0.1, -0.05) is 31.4 Å². The number of nitrogens with one attached hydrogen (secondary N) is 1. The van der Waals surface area contributed by atoms with E-state index < -0.39 is 29.9 Å².